The predicted octanol–water partition coefficient (Wildman–Crippen LogP) is 3.30. The maximum absolute atomic E-state index is 12.5. The summed E-state index contributed by atoms with van der Waals surface area (Å²) in [6.07, 6.45) is 4.24. The van der Waals surface area contributed by atoms with E-state index in [-0.39, 0.29) is 12.5 Å². The lowest BCUT2D eigenvalue weighted by Gasteiger charge is -2.23. The average molecular weight is 539 g/mol. The molecule has 1 amide bonds. The van der Waals surface area contributed by atoms with Crippen molar-refractivity contribution in [1.82, 2.24) is 19.0 Å². The number of benzene rings is 1. The molecule has 3 rings (SSSR count). The molecule has 0 N–H and O–H groups in total. The van der Waals surface area contributed by atoms with Crippen LogP contribution >= 0.6 is 0 Å². The van der Waals surface area contributed by atoms with E-state index in [2.05, 4.69) is 23.6 Å². The lowest BCUT2D eigenvalue weighted by Crippen LogP contribution is -2.37. The van der Waals surface area contributed by atoms with Crippen LogP contribution in [0.15, 0.2) is 17.0 Å². The first-order valence-electron chi connectivity index (χ1n) is 13.9. The third-order valence-corrected chi connectivity index (χ3v) is 9.52. The maximum atomic E-state index is 12.5. The normalized spacial score (nSPS) is 17.5. The number of nitrogens with zero attached hydrogens (tertiary/aromatic N) is 4. The minimum Gasteiger partial charge on any atom is -0.375 e. The second-order valence-electron chi connectivity index (χ2n) is 10.2. The number of rotatable bonds is 10. The molecular weight excluding hydrogens is 488 g/mol. The van der Waals surface area contributed by atoms with Gasteiger partial charge in [-0.05, 0) is 90.3 Å². The fourth-order valence-electron chi connectivity index (χ4n) is 5.35. The number of methoxy groups -OCH3 is 1. The molecule has 1 aromatic carbocycles. The summed E-state index contributed by atoms with van der Waals surface area (Å²) in [5.41, 5.74) is 2.82. The minimum atomic E-state index is -3.28. The van der Waals surface area contributed by atoms with Gasteiger partial charge in [-0.25, -0.2) is 8.42 Å². The summed E-state index contributed by atoms with van der Waals surface area (Å²) < 4.78 is 31.6. The van der Waals surface area contributed by atoms with Crippen molar-refractivity contribution >= 4 is 15.9 Å². The van der Waals surface area contributed by atoms with Crippen LogP contribution in [0.5, 0.6) is 0 Å². The second-order valence-corrected chi connectivity index (χ2v) is 12.1. The van der Waals surface area contributed by atoms with Gasteiger partial charge in [-0.2, -0.15) is 4.31 Å². The molecule has 37 heavy (non-hydrogen) atoms. The molecule has 2 saturated heterocycles. The van der Waals surface area contributed by atoms with Gasteiger partial charge in [-0.15, -0.1) is 0 Å². The summed E-state index contributed by atoms with van der Waals surface area (Å²) in [4.78, 5) is 19.2. The van der Waals surface area contributed by atoms with Gasteiger partial charge in [0.1, 0.15) is 6.61 Å². The van der Waals surface area contributed by atoms with Crippen LogP contribution in [0, 0.1) is 20.8 Å². The summed E-state index contributed by atoms with van der Waals surface area (Å²) in [6, 6.07) is 3.88. The maximum Gasteiger partial charge on any atom is 0.248 e. The van der Waals surface area contributed by atoms with Crippen LogP contribution in [0.2, 0.25) is 0 Å². The average Bonchev–Trinajstić information content (AvgIpc) is 3.29. The van der Waals surface area contributed by atoms with E-state index in [1.165, 1.54) is 13.0 Å². The van der Waals surface area contributed by atoms with Gasteiger partial charge in [0, 0.05) is 39.8 Å². The van der Waals surface area contributed by atoms with Gasteiger partial charge in [0.15, 0.2) is 0 Å². The Labute approximate surface area is 226 Å². The molecule has 2 aliphatic heterocycles. The van der Waals surface area contributed by atoms with E-state index in [0.29, 0.717) is 18.0 Å². The van der Waals surface area contributed by atoms with Crippen molar-refractivity contribution in [3.05, 3.63) is 28.8 Å². The van der Waals surface area contributed by atoms with Crippen molar-refractivity contribution in [2.75, 3.05) is 79.2 Å². The molecule has 0 spiro atoms. The number of carbonyl (C=O) groups is 1. The fourth-order valence-corrected chi connectivity index (χ4v) is 7.28. The monoisotopic (exact) mass is 538 g/mol. The summed E-state index contributed by atoms with van der Waals surface area (Å²) in [6.45, 7) is 20.1. The number of ether oxygens (including phenoxy) is 1. The van der Waals surface area contributed by atoms with Gasteiger partial charge < -0.3 is 19.4 Å². The van der Waals surface area contributed by atoms with Gasteiger partial charge >= 0.3 is 0 Å². The fraction of sp³-hybridized carbons (Fsp3) is 0.750. The third-order valence-electron chi connectivity index (χ3n) is 7.32. The Bertz CT molecular complexity index is 920. The lowest BCUT2D eigenvalue weighted by molar-refractivity contribution is -0.135. The summed E-state index contributed by atoms with van der Waals surface area (Å²) in [5, 5.41) is 0. The van der Waals surface area contributed by atoms with Crippen molar-refractivity contribution in [3.8, 4) is 0 Å². The highest BCUT2D eigenvalue weighted by Crippen LogP contribution is 2.27. The molecule has 0 atom stereocenters. The first kappa shape index (κ1) is 31.7. The highest BCUT2D eigenvalue weighted by molar-refractivity contribution is 7.89. The summed E-state index contributed by atoms with van der Waals surface area (Å²) in [7, 11) is -1.70. The molecule has 2 heterocycles. The first-order chi connectivity index (χ1) is 17.6. The zero-order chi connectivity index (χ0) is 27.4. The van der Waals surface area contributed by atoms with Gasteiger partial charge in [0.25, 0.3) is 0 Å². The molecule has 2 fully saturated rings. The number of carbonyl (C=O) groups excluding carboxylic acids is 1. The quantitative estimate of drug-likeness (QED) is 0.455. The van der Waals surface area contributed by atoms with Crippen molar-refractivity contribution in [3.63, 3.8) is 0 Å². The van der Waals surface area contributed by atoms with Crippen LogP contribution in [-0.4, -0.2) is 112 Å². The van der Waals surface area contributed by atoms with Crippen LogP contribution in [0.25, 0.3) is 0 Å². The molecule has 0 bridgehead atoms. The Morgan fingerprint density at radius 3 is 2.11 bits per heavy atom. The number of sulfonamides is 1. The largest absolute Gasteiger partial charge is 0.375 e. The van der Waals surface area contributed by atoms with E-state index in [4.69, 9.17) is 4.74 Å². The summed E-state index contributed by atoms with van der Waals surface area (Å²) in [5.74, 6) is 0.123. The Morgan fingerprint density at radius 1 is 0.919 bits per heavy atom. The van der Waals surface area contributed by atoms with Crippen LogP contribution in [0.1, 0.15) is 56.2 Å². The molecule has 0 unspecified atom stereocenters. The van der Waals surface area contributed by atoms with Crippen LogP contribution in [0.3, 0.4) is 0 Å². The molecule has 8 nitrogen and oxygen atoms in total. The van der Waals surface area contributed by atoms with Crippen LogP contribution in [-0.2, 0) is 19.6 Å². The van der Waals surface area contributed by atoms with E-state index >= 15 is 0 Å². The van der Waals surface area contributed by atoms with Gasteiger partial charge in [-0.3, -0.25) is 4.79 Å². The topological polar surface area (TPSA) is 73.4 Å². The number of hydrogen-bond donors (Lipinski definition) is 0. The number of hydrogen-bond acceptors (Lipinski definition) is 6. The minimum absolute atomic E-state index is 0.123. The smallest absolute Gasteiger partial charge is 0.248 e. The highest BCUT2D eigenvalue weighted by Gasteiger charge is 2.29. The van der Waals surface area contributed by atoms with E-state index in [9.17, 15) is 13.2 Å². The zero-order valence-corrected chi connectivity index (χ0v) is 24.9. The first-order valence-corrected chi connectivity index (χ1v) is 15.4. The Kier molecular flexibility index (Phi) is 13.5. The van der Waals surface area contributed by atoms with E-state index in [1.807, 2.05) is 37.8 Å². The lowest BCUT2D eigenvalue weighted by atomic mass is 10.1. The number of aryl methyl sites for hydroxylation is 3. The van der Waals surface area contributed by atoms with E-state index in [0.717, 1.165) is 81.8 Å². The van der Waals surface area contributed by atoms with Crippen LogP contribution < -0.4 is 0 Å². The van der Waals surface area contributed by atoms with Crippen molar-refractivity contribution in [2.24, 2.45) is 0 Å². The number of amides is 1. The van der Waals surface area contributed by atoms with Crippen LogP contribution in [0.4, 0.5) is 0 Å². The SMILES string of the molecule is CCN(CC)CCCN1CCCN(C(=O)COC)CC1.Cc1cc(C)c(S(=O)(=O)N2CCCC2)c(C)c1. The Balaban J connectivity index is 0.000000263. The second kappa shape index (κ2) is 15.8. The third kappa shape index (κ3) is 9.62. The van der Waals surface area contributed by atoms with Gasteiger partial charge in [0.05, 0.1) is 4.90 Å². The van der Waals surface area contributed by atoms with E-state index in [1.54, 1.807) is 11.4 Å². The molecule has 9 heteroatoms. The predicted molar refractivity (Wildman–Crippen MR) is 151 cm³/mol. The Morgan fingerprint density at radius 2 is 1.54 bits per heavy atom. The van der Waals surface area contributed by atoms with Gasteiger partial charge in [-0.1, -0.05) is 31.5 Å². The Hall–Kier alpha value is -1.52. The summed E-state index contributed by atoms with van der Waals surface area (Å²) >= 11 is 0. The molecule has 0 radical (unpaired) electrons. The van der Waals surface area contributed by atoms with Crippen molar-refractivity contribution in [2.45, 2.75) is 65.2 Å². The molecule has 212 valence electrons. The zero-order valence-electron chi connectivity index (χ0n) is 24.1. The van der Waals surface area contributed by atoms with Crippen molar-refractivity contribution < 1.29 is 17.9 Å². The molecule has 0 aliphatic carbocycles. The highest BCUT2D eigenvalue weighted by atomic mass is 32.2. The van der Waals surface area contributed by atoms with Crippen molar-refractivity contribution in [1.29, 1.82) is 0 Å². The standard InChI is InChI=1S/C15H31N3O2.C13H19NO2S/c1-4-16(5-2)8-6-9-17-10-7-11-18(13-12-17)15(19)14-20-3;1-10-8-11(2)13(12(3)9-10)17(15,16)14-6-4-5-7-14/h4-14H2,1-3H3;8-9H,4-7H2,1-3H3. The molecule has 2 aliphatic rings. The molecule has 0 saturated carbocycles. The van der Waals surface area contributed by atoms with Gasteiger partial charge in [0.2, 0.25) is 15.9 Å². The molecular formula is C28H50N4O4S. The molecule has 0 aromatic heterocycles. The molecule has 1 aromatic rings. The van der Waals surface area contributed by atoms with E-state index < -0.39 is 10.0 Å².